The predicted molar refractivity (Wildman–Crippen MR) is 150 cm³/mol. The second-order valence-electron chi connectivity index (χ2n) is 9.09. The molecule has 14 heteroatoms. The maximum Gasteiger partial charge on any atom is 0.573 e. The summed E-state index contributed by atoms with van der Waals surface area (Å²) in [6.45, 7) is 0. The van der Waals surface area contributed by atoms with Crippen LogP contribution in [-0.4, -0.2) is 39.5 Å². The van der Waals surface area contributed by atoms with Crippen molar-refractivity contribution in [3.63, 3.8) is 0 Å². The van der Waals surface area contributed by atoms with Crippen molar-refractivity contribution in [2.24, 2.45) is 0 Å². The van der Waals surface area contributed by atoms with E-state index in [1.165, 1.54) is 24.3 Å². The van der Waals surface area contributed by atoms with Gasteiger partial charge in [-0.25, -0.2) is 4.79 Å². The Morgan fingerprint density at radius 1 is 0.886 bits per heavy atom. The van der Waals surface area contributed by atoms with Gasteiger partial charge >= 0.3 is 18.5 Å². The van der Waals surface area contributed by atoms with Gasteiger partial charge in [0.1, 0.15) is 5.75 Å². The van der Waals surface area contributed by atoms with E-state index in [2.05, 4.69) is 25.3 Å². The highest BCUT2D eigenvalue weighted by molar-refractivity contribution is 5.97. The van der Waals surface area contributed by atoms with E-state index in [-0.39, 0.29) is 18.1 Å². The van der Waals surface area contributed by atoms with Crippen LogP contribution in [0.1, 0.15) is 5.56 Å². The SMILES string of the molecule is O=C(Cc1c[nH]c2ccccc12)Nc1ccc(Nc2cccnc2)c(-c2ccc(OC(F)(F)F)cc2)c1.O=C(O)C(F)(F)F. The average molecular weight is 617 g/mol. The Morgan fingerprint density at radius 3 is 2.23 bits per heavy atom. The Balaban J connectivity index is 0.000000566. The lowest BCUT2D eigenvalue weighted by Gasteiger charge is -2.15. The largest absolute Gasteiger partial charge is 0.573 e. The topological polar surface area (TPSA) is 116 Å². The number of aromatic amines is 1. The predicted octanol–water partition coefficient (Wildman–Crippen LogP) is 7.69. The van der Waals surface area contributed by atoms with Crippen molar-refractivity contribution in [2.45, 2.75) is 19.0 Å². The molecule has 0 radical (unpaired) electrons. The van der Waals surface area contributed by atoms with Gasteiger partial charge in [0.25, 0.3) is 0 Å². The van der Waals surface area contributed by atoms with Crippen LogP contribution in [0.25, 0.3) is 22.0 Å². The van der Waals surface area contributed by atoms with E-state index in [0.29, 0.717) is 22.5 Å². The fourth-order valence-corrected chi connectivity index (χ4v) is 4.05. The zero-order valence-electron chi connectivity index (χ0n) is 22.3. The molecule has 0 aliphatic carbocycles. The molecule has 0 saturated heterocycles. The third-order valence-electron chi connectivity index (χ3n) is 5.91. The van der Waals surface area contributed by atoms with Crippen molar-refractivity contribution < 1.29 is 45.8 Å². The zero-order chi connectivity index (χ0) is 31.9. The summed E-state index contributed by atoms with van der Waals surface area (Å²) in [6.07, 6.45) is -4.55. The van der Waals surface area contributed by atoms with E-state index in [1.54, 1.807) is 36.7 Å². The molecule has 0 unspecified atom stereocenters. The summed E-state index contributed by atoms with van der Waals surface area (Å²) >= 11 is 0. The number of halogens is 6. The van der Waals surface area contributed by atoms with Gasteiger partial charge in [-0.1, -0.05) is 30.3 Å². The van der Waals surface area contributed by atoms with Crippen LogP contribution in [0.5, 0.6) is 5.75 Å². The number of hydrogen-bond donors (Lipinski definition) is 4. The molecule has 0 aliphatic rings. The van der Waals surface area contributed by atoms with E-state index >= 15 is 0 Å². The first kappa shape index (κ1) is 31.4. The van der Waals surface area contributed by atoms with Crippen LogP contribution in [0.3, 0.4) is 0 Å². The number of carboxylic acids is 1. The second kappa shape index (κ2) is 13.2. The van der Waals surface area contributed by atoms with E-state index in [4.69, 9.17) is 9.90 Å². The average Bonchev–Trinajstić information content (AvgIpc) is 3.36. The summed E-state index contributed by atoms with van der Waals surface area (Å²) in [5, 5.41) is 14.3. The Labute approximate surface area is 245 Å². The van der Waals surface area contributed by atoms with Gasteiger partial charge in [-0.2, -0.15) is 13.2 Å². The van der Waals surface area contributed by atoms with Crippen LogP contribution in [0.2, 0.25) is 0 Å². The van der Waals surface area contributed by atoms with Crippen molar-refractivity contribution >= 4 is 39.8 Å². The third kappa shape index (κ3) is 8.74. The molecule has 0 fully saturated rings. The van der Waals surface area contributed by atoms with Crippen LogP contribution >= 0.6 is 0 Å². The molecule has 44 heavy (non-hydrogen) atoms. The van der Waals surface area contributed by atoms with Gasteiger partial charge in [-0.05, 0) is 59.7 Å². The highest BCUT2D eigenvalue weighted by atomic mass is 19.4. The van der Waals surface area contributed by atoms with Gasteiger partial charge in [0, 0.05) is 40.2 Å². The summed E-state index contributed by atoms with van der Waals surface area (Å²) < 4.78 is 73.5. The van der Waals surface area contributed by atoms with E-state index in [9.17, 15) is 31.1 Å². The van der Waals surface area contributed by atoms with Crippen LogP contribution < -0.4 is 15.4 Å². The lowest BCUT2D eigenvalue weighted by Crippen LogP contribution is -2.21. The second-order valence-corrected chi connectivity index (χ2v) is 9.09. The molecule has 0 spiro atoms. The fourth-order valence-electron chi connectivity index (χ4n) is 4.05. The number of nitrogens with one attached hydrogen (secondary N) is 3. The number of aromatic nitrogens is 2. The highest BCUT2D eigenvalue weighted by Crippen LogP contribution is 2.35. The molecule has 0 saturated carbocycles. The molecular formula is C30H22F6N4O4. The number of carbonyl (C=O) groups excluding carboxylic acids is 1. The lowest BCUT2D eigenvalue weighted by atomic mass is 10.0. The Kier molecular flexibility index (Phi) is 9.41. The minimum atomic E-state index is -5.08. The lowest BCUT2D eigenvalue weighted by molar-refractivity contribution is -0.274. The Morgan fingerprint density at radius 2 is 1.59 bits per heavy atom. The van der Waals surface area contributed by atoms with Gasteiger partial charge in [-0.3, -0.25) is 9.78 Å². The molecule has 228 valence electrons. The number of pyridine rings is 1. The van der Waals surface area contributed by atoms with E-state index in [1.807, 2.05) is 36.5 Å². The van der Waals surface area contributed by atoms with Crippen LogP contribution in [0, 0.1) is 0 Å². The summed E-state index contributed by atoms with van der Waals surface area (Å²) in [7, 11) is 0. The number of aliphatic carboxylic acids is 1. The number of H-pyrrole nitrogens is 1. The number of benzene rings is 3. The zero-order valence-corrected chi connectivity index (χ0v) is 22.3. The number of nitrogens with zero attached hydrogens (tertiary/aromatic N) is 1. The van der Waals surface area contributed by atoms with Crippen LogP contribution in [0.4, 0.5) is 43.4 Å². The summed E-state index contributed by atoms with van der Waals surface area (Å²) in [4.78, 5) is 29.0. The molecule has 8 nitrogen and oxygen atoms in total. The number of alkyl halides is 6. The molecule has 2 heterocycles. The quantitative estimate of drug-likeness (QED) is 0.139. The van der Waals surface area contributed by atoms with Crippen molar-refractivity contribution in [1.82, 2.24) is 9.97 Å². The molecule has 5 aromatic rings. The van der Waals surface area contributed by atoms with Gasteiger partial charge in [0.2, 0.25) is 5.91 Å². The number of carboxylic acid groups (broad SMARTS) is 1. The first-order valence-electron chi connectivity index (χ1n) is 12.6. The van der Waals surface area contributed by atoms with Gasteiger partial charge in [0.05, 0.1) is 18.3 Å². The molecule has 0 atom stereocenters. The number of para-hydroxylation sites is 1. The van der Waals surface area contributed by atoms with Crippen LogP contribution in [-0.2, 0) is 16.0 Å². The maximum atomic E-state index is 12.9. The normalized spacial score (nSPS) is 11.3. The van der Waals surface area contributed by atoms with Crippen molar-refractivity contribution in [1.29, 1.82) is 0 Å². The van der Waals surface area contributed by atoms with Crippen LogP contribution in [0.15, 0.2) is 97.5 Å². The molecule has 1 amide bonds. The van der Waals surface area contributed by atoms with Crippen molar-refractivity contribution in [3.05, 3.63) is 103 Å². The highest BCUT2D eigenvalue weighted by Gasteiger charge is 2.38. The number of amides is 1. The fraction of sp³-hybridized carbons (Fsp3) is 0.100. The molecule has 3 aromatic carbocycles. The van der Waals surface area contributed by atoms with E-state index in [0.717, 1.165) is 22.2 Å². The monoisotopic (exact) mass is 616 g/mol. The molecule has 0 bridgehead atoms. The maximum absolute atomic E-state index is 12.9. The molecule has 2 aromatic heterocycles. The number of rotatable bonds is 7. The Hall–Kier alpha value is -5.53. The number of carbonyl (C=O) groups is 2. The standard InChI is InChI=1S/C28H21F3N4O2.C2HF3O2/c29-28(30,31)37-22-10-7-18(8-11-22)24-15-20(9-12-26(24)34-21-4-3-13-32-17-21)35-27(36)14-19-16-33-25-6-2-1-5-23(19)25;3-2(4,5)1(6)7/h1-13,15-17,33-34H,14H2,(H,35,36);(H,6,7). The molecular weight excluding hydrogens is 594 g/mol. The van der Waals surface area contributed by atoms with Gasteiger partial charge in [-0.15, -0.1) is 13.2 Å². The smallest absolute Gasteiger partial charge is 0.475 e. The third-order valence-corrected chi connectivity index (χ3v) is 5.91. The molecule has 0 aliphatic heterocycles. The van der Waals surface area contributed by atoms with Gasteiger partial charge < -0.3 is 25.5 Å². The van der Waals surface area contributed by atoms with Crippen molar-refractivity contribution in [3.8, 4) is 16.9 Å². The summed E-state index contributed by atoms with van der Waals surface area (Å²) in [5.74, 6) is -3.27. The number of anilines is 3. The molecule has 5 rings (SSSR count). The minimum Gasteiger partial charge on any atom is -0.475 e. The van der Waals surface area contributed by atoms with Crippen molar-refractivity contribution in [2.75, 3.05) is 10.6 Å². The number of fused-ring (bicyclic) bond motifs is 1. The number of ether oxygens (including phenoxy) is 1. The van der Waals surface area contributed by atoms with E-state index < -0.39 is 18.5 Å². The first-order chi connectivity index (χ1) is 20.8. The minimum absolute atomic E-state index is 0.179. The van der Waals surface area contributed by atoms with Gasteiger partial charge in [0.15, 0.2) is 0 Å². The Bertz CT molecular complexity index is 1740. The number of hydrogen-bond acceptors (Lipinski definition) is 5. The summed E-state index contributed by atoms with van der Waals surface area (Å²) in [6, 6.07) is 22.3. The molecule has 4 N–H and O–H groups in total. The summed E-state index contributed by atoms with van der Waals surface area (Å²) in [5.41, 5.74) is 5.11. The first-order valence-corrected chi connectivity index (χ1v) is 12.6.